The summed E-state index contributed by atoms with van der Waals surface area (Å²) in [5.41, 5.74) is 5.11. The van der Waals surface area contributed by atoms with Crippen molar-refractivity contribution in [3.63, 3.8) is 0 Å². The van der Waals surface area contributed by atoms with Gasteiger partial charge in [0.05, 0.1) is 5.56 Å². The highest BCUT2D eigenvalue weighted by Gasteiger charge is 2.17. The highest BCUT2D eigenvalue weighted by Crippen LogP contribution is 2.20. The highest BCUT2D eigenvalue weighted by atomic mass is 16.4. The molecule has 0 aliphatic heterocycles. The minimum absolute atomic E-state index is 0.0416. The summed E-state index contributed by atoms with van der Waals surface area (Å²) < 4.78 is 0. The molecule has 0 aliphatic carbocycles. The maximum absolute atomic E-state index is 10.6. The zero-order chi connectivity index (χ0) is 11.6. The van der Waals surface area contributed by atoms with Crippen molar-refractivity contribution in [1.82, 2.24) is 0 Å². The Morgan fingerprint density at radius 1 is 1.20 bits per heavy atom. The smallest absolute Gasteiger partial charge is 0.335 e. The van der Waals surface area contributed by atoms with Crippen LogP contribution in [-0.4, -0.2) is 27.3 Å². The van der Waals surface area contributed by atoms with E-state index >= 15 is 0 Å². The minimum Gasteiger partial charge on any atom is -0.508 e. The lowest BCUT2D eigenvalue weighted by Gasteiger charge is -2.08. The van der Waals surface area contributed by atoms with Gasteiger partial charge in [0.25, 0.3) is 0 Å². The van der Waals surface area contributed by atoms with Gasteiger partial charge in [-0.2, -0.15) is 0 Å². The molecule has 0 saturated carbocycles. The molecule has 1 atom stereocenters. The number of rotatable bonds is 3. The van der Waals surface area contributed by atoms with Gasteiger partial charge in [-0.25, -0.2) is 4.79 Å². The number of nitrogens with two attached hydrogens (primary N) is 1. The number of carboxylic acid groups (broad SMARTS) is 2. The van der Waals surface area contributed by atoms with E-state index in [0.29, 0.717) is 0 Å². The second kappa shape index (κ2) is 3.97. The molecule has 0 fully saturated rings. The molecule has 0 heterocycles. The Bertz CT molecular complexity index is 415. The van der Waals surface area contributed by atoms with Crippen molar-refractivity contribution in [3.05, 3.63) is 29.3 Å². The van der Waals surface area contributed by atoms with Crippen LogP contribution >= 0.6 is 0 Å². The lowest BCUT2D eigenvalue weighted by molar-refractivity contribution is -0.138. The van der Waals surface area contributed by atoms with Crippen molar-refractivity contribution in [2.24, 2.45) is 5.73 Å². The van der Waals surface area contributed by atoms with E-state index in [0.717, 1.165) is 18.2 Å². The van der Waals surface area contributed by atoms with Crippen molar-refractivity contribution in [2.75, 3.05) is 0 Å². The van der Waals surface area contributed by atoms with E-state index in [4.69, 9.17) is 21.1 Å². The molecule has 6 nitrogen and oxygen atoms in total. The van der Waals surface area contributed by atoms with Crippen molar-refractivity contribution in [3.8, 4) is 5.75 Å². The van der Waals surface area contributed by atoms with Crippen LogP contribution in [0.4, 0.5) is 0 Å². The maximum Gasteiger partial charge on any atom is 0.335 e. The first-order valence-electron chi connectivity index (χ1n) is 3.97. The molecule has 1 rings (SSSR count). The van der Waals surface area contributed by atoms with Crippen molar-refractivity contribution >= 4 is 11.9 Å². The van der Waals surface area contributed by atoms with Gasteiger partial charge < -0.3 is 21.1 Å². The monoisotopic (exact) mass is 211 g/mol. The molecule has 0 amide bonds. The van der Waals surface area contributed by atoms with Gasteiger partial charge in [0.2, 0.25) is 0 Å². The second-order valence-corrected chi connectivity index (χ2v) is 2.93. The number of hydrogen-bond donors (Lipinski definition) is 4. The summed E-state index contributed by atoms with van der Waals surface area (Å²) in [6, 6.07) is 1.89. The lowest BCUT2D eigenvalue weighted by Crippen LogP contribution is -2.20. The van der Waals surface area contributed by atoms with E-state index in [-0.39, 0.29) is 16.9 Å². The fourth-order valence-corrected chi connectivity index (χ4v) is 1.08. The molecule has 0 aliphatic rings. The quantitative estimate of drug-likeness (QED) is 0.565. The molecule has 80 valence electrons. The summed E-state index contributed by atoms with van der Waals surface area (Å²) in [5, 5.41) is 26.4. The molecular weight excluding hydrogens is 202 g/mol. The molecule has 0 spiro atoms. The number of aliphatic carboxylic acids is 1. The van der Waals surface area contributed by atoms with E-state index in [1.807, 2.05) is 0 Å². The van der Waals surface area contributed by atoms with Gasteiger partial charge >= 0.3 is 11.9 Å². The molecule has 0 saturated heterocycles. The molecule has 15 heavy (non-hydrogen) atoms. The zero-order valence-corrected chi connectivity index (χ0v) is 7.54. The number of aromatic hydroxyl groups is 1. The first-order chi connectivity index (χ1) is 6.91. The van der Waals surface area contributed by atoms with Crippen molar-refractivity contribution in [2.45, 2.75) is 6.04 Å². The third-order valence-electron chi connectivity index (χ3n) is 1.81. The van der Waals surface area contributed by atoms with Crippen LogP contribution in [0.25, 0.3) is 0 Å². The molecule has 0 bridgehead atoms. The van der Waals surface area contributed by atoms with Gasteiger partial charge in [-0.05, 0) is 23.8 Å². The fourth-order valence-electron chi connectivity index (χ4n) is 1.08. The number of carboxylic acids is 2. The largest absolute Gasteiger partial charge is 0.508 e. The number of phenolic OH excluding ortho intramolecular Hbond substituents is 1. The van der Waals surface area contributed by atoms with Gasteiger partial charge in [0.15, 0.2) is 0 Å². The highest BCUT2D eigenvalue weighted by molar-refractivity contribution is 5.89. The van der Waals surface area contributed by atoms with E-state index in [2.05, 4.69) is 0 Å². The van der Waals surface area contributed by atoms with Crippen LogP contribution in [0.3, 0.4) is 0 Å². The number of aromatic carboxylic acids is 1. The second-order valence-electron chi connectivity index (χ2n) is 2.93. The van der Waals surface area contributed by atoms with E-state index < -0.39 is 18.0 Å². The van der Waals surface area contributed by atoms with Gasteiger partial charge in [0, 0.05) is 0 Å². The van der Waals surface area contributed by atoms with Crippen molar-refractivity contribution < 1.29 is 24.9 Å². The van der Waals surface area contributed by atoms with E-state index in [1.54, 1.807) is 0 Å². The Balaban J connectivity index is 3.20. The molecule has 5 N–H and O–H groups in total. The summed E-state index contributed by atoms with van der Waals surface area (Å²) in [4.78, 5) is 21.1. The molecule has 0 unspecified atom stereocenters. The molecule has 1 aromatic carbocycles. The van der Waals surface area contributed by atoms with Crippen LogP contribution in [0.1, 0.15) is 22.0 Å². The van der Waals surface area contributed by atoms with Crippen LogP contribution in [0.15, 0.2) is 18.2 Å². The average Bonchev–Trinajstić information content (AvgIpc) is 2.15. The van der Waals surface area contributed by atoms with Crippen molar-refractivity contribution in [1.29, 1.82) is 0 Å². The molecule has 6 heteroatoms. The van der Waals surface area contributed by atoms with Gasteiger partial charge in [-0.15, -0.1) is 0 Å². The summed E-state index contributed by atoms with van der Waals surface area (Å²) >= 11 is 0. The predicted octanol–water partition coefficient (Wildman–Crippen LogP) is 0.175. The lowest BCUT2D eigenvalue weighted by atomic mass is 10.0. The topological polar surface area (TPSA) is 121 Å². The zero-order valence-electron chi connectivity index (χ0n) is 7.54. The standard InChI is InChI=1S/C9H9NO5/c10-7(9(14)15)4-1-5(8(12)13)3-6(11)2-4/h1-3,7,11H,10H2,(H,12,13)(H,14,15)/t7-/m1/s1. The van der Waals surface area contributed by atoms with Crippen LogP contribution in [0, 0.1) is 0 Å². The van der Waals surface area contributed by atoms with Gasteiger partial charge in [-0.3, -0.25) is 4.79 Å². The van der Waals surface area contributed by atoms with Crippen LogP contribution < -0.4 is 5.73 Å². The fraction of sp³-hybridized carbons (Fsp3) is 0.111. The van der Waals surface area contributed by atoms with Crippen LogP contribution in [0.5, 0.6) is 5.75 Å². The molecular formula is C9H9NO5. The third kappa shape index (κ3) is 2.44. The van der Waals surface area contributed by atoms with E-state index in [1.165, 1.54) is 0 Å². The Labute approximate surface area is 84.6 Å². The summed E-state index contributed by atoms with van der Waals surface area (Å²) in [5.74, 6) is -2.89. The molecule has 1 aromatic rings. The minimum atomic E-state index is -1.35. The number of hydrogen-bond acceptors (Lipinski definition) is 4. The summed E-state index contributed by atoms with van der Waals surface area (Å²) in [6.45, 7) is 0. The number of phenols is 1. The van der Waals surface area contributed by atoms with Gasteiger partial charge in [0.1, 0.15) is 11.8 Å². The maximum atomic E-state index is 10.6. The molecule has 0 aromatic heterocycles. The third-order valence-corrected chi connectivity index (χ3v) is 1.81. The van der Waals surface area contributed by atoms with E-state index in [9.17, 15) is 9.59 Å². The Morgan fingerprint density at radius 2 is 1.80 bits per heavy atom. The van der Waals surface area contributed by atoms with Crippen LogP contribution in [0.2, 0.25) is 0 Å². The Morgan fingerprint density at radius 3 is 2.27 bits per heavy atom. The predicted molar refractivity (Wildman–Crippen MR) is 49.6 cm³/mol. The summed E-state index contributed by atoms with van der Waals surface area (Å²) in [6.07, 6.45) is 0. The van der Waals surface area contributed by atoms with Gasteiger partial charge in [-0.1, -0.05) is 0 Å². The normalized spacial score (nSPS) is 12.1. The first kappa shape index (κ1) is 11.0. The molecule has 0 radical (unpaired) electrons. The van der Waals surface area contributed by atoms with Crippen LogP contribution in [-0.2, 0) is 4.79 Å². The number of benzene rings is 1. The first-order valence-corrected chi connectivity index (χ1v) is 3.97. The Hall–Kier alpha value is -2.08. The SMILES string of the molecule is N[C@@H](C(=O)O)c1cc(O)cc(C(=O)O)c1. The Kier molecular flexibility index (Phi) is 2.91. The summed E-state index contributed by atoms with van der Waals surface area (Å²) in [7, 11) is 0. The number of carbonyl (C=O) groups is 2. The average molecular weight is 211 g/mol.